The summed E-state index contributed by atoms with van der Waals surface area (Å²) in [5.74, 6) is 0.232. The summed E-state index contributed by atoms with van der Waals surface area (Å²) >= 11 is 0. The Kier molecular flexibility index (Phi) is 8.70. The number of nitrogens with zero attached hydrogens (tertiary/aromatic N) is 5. The molecule has 0 bridgehead atoms. The minimum absolute atomic E-state index is 0.0546. The van der Waals surface area contributed by atoms with Gasteiger partial charge in [-0.2, -0.15) is 0 Å². The molecule has 12 heteroatoms. The highest BCUT2D eigenvalue weighted by atomic mass is 16.6. The van der Waals surface area contributed by atoms with Gasteiger partial charge in [-0.25, -0.2) is 19.7 Å². The van der Waals surface area contributed by atoms with Gasteiger partial charge in [0, 0.05) is 31.4 Å². The van der Waals surface area contributed by atoms with Crippen LogP contribution in [0.5, 0.6) is 0 Å². The molecule has 3 aromatic rings. The standard InChI is InChI=1S/C27H40N8O4/c1-16(2)34(12-6-11-29-26(38)33-18-9-7-17(8-10-18)27(3,4)5)13-19-21(36)22(37)25(39-19)35-15-32-20-23(28)30-14-31-24(20)35/h7-10,14-16,19,21-22,25,36-37H,6,11-13H2,1-5H3,(H2,28,30,31)(H2,29,33,38)/t19-,21+,22?,25-/m1/s1. The zero-order chi connectivity index (χ0) is 28.3. The maximum absolute atomic E-state index is 12.4. The number of carbonyl (C=O) groups is 1. The summed E-state index contributed by atoms with van der Waals surface area (Å²) in [6, 6.07) is 7.76. The molecule has 3 heterocycles. The number of urea groups is 1. The summed E-state index contributed by atoms with van der Waals surface area (Å²) in [5, 5.41) is 27.3. The number of aliphatic hydroxyl groups is 2. The molecular formula is C27H40N8O4. The molecule has 4 atom stereocenters. The van der Waals surface area contributed by atoms with Crippen LogP contribution in [0.2, 0.25) is 0 Å². The maximum Gasteiger partial charge on any atom is 0.319 e. The number of ether oxygens (including phenoxy) is 1. The van der Waals surface area contributed by atoms with E-state index in [1.807, 2.05) is 24.3 Å². The average Bonchev–Trinajstić information content (AvgIpc) is 3.42. The van der Waals surface area contributed by atoms with Crippen molar-refractivity contribution in [3.05, 3.63) is 42.5 Å². The van der Waals surface area contributed by atoms with Crippen LogP contribution in [0.1, 0.15) is 52.8 Å². The highest BCUT2D eigenvalue weighted by molar-refractivity contribution is 5.89. The Morgan fingerprint density at radius 1 is 1.15 bits per heavy atom. The molecule has 0 aliphatic carbocycles. The third-order valence-corrected chi connectivity index (χ3v) is 7.06. The highest BCUT2D eigenvalue weighted by Crippen LogP contribution is 2.32. The number of aromatic nitrogens is 4. The zero-order valence-electron chi connectivity index (χ0n) is 23.2. The number of rotatable bonds is 9. The lowest BCUT2D eigenvalue weighted by Crippen LogP contribution is -2.44. The van der Waals surface area contributed by atoms with E-state index in [0.29, 0.717) is 37.2 Å². The fourth-order valence-electron chi connectivity index (χ4n) is 4.67. The minimum atomic E-state index is -1.17. The van der Waals surface area contributed by atoms with Gasteiger partial charge in [-0.05, 0) is 43.4 Å². The molecular weight excluding hydrogens is 500 g/mol. The first-order chi connectivity index (χ1) is 18.5. The van der Waals surface area contributed by atoms with Gasteiger partial charge in [0.25, 0.3) is 0 Å². The second-order valence-electron chi connectivity index (χ2n) is 11.3. The molecule has 12 nitrogen and oxygen atoms in total. The molecule has 212 valence electrons. The molecule has 0 radical (unpaired) electrons. The molecule has 39 heavy (non-hydrogen) atoms. The smallest absolute Gasteiger partial charge is 0.319 e. The second-order valence-corrected chi connectivity index (χ2v) is 11.3. The van der Waals surface area contributed by atoms with Crippen LogP contribution in [0.4, 0.5) is 16.3 Å². The fourth-order valence-corrected chi connectivity index (χ4v) is 4.67. The van der Waals surface area contributed by atoms with Crippen LogP contribution in [0, 0.1) is 0 Å². The van der Waals surface area contributed by atoms with Crippen LogP contribution < -0.4 is 16.4 Å². The van der Waals surface area contributed by atoms with E-state index >= 15 is 0 Å². The van der Waals surface area contributed by atoms with Crippen LogP contribution in [0.3, 0.4) is 0 Å². The molecule has 1 fully saturated rings. The maximum atomic E-state index is 12.4. The molecule has 1 aromatic carbocycles. The molecule has 2 amide bonds. The predicted molar refractivity (Wildman–Crippen MR) is 149 cm³/mol. The molecule has 1 saturated heterocycles. The van der Waals surface area contributed by atoms with Crippen LogP contribution in [-0.4, -0.2) is 84.7 Å². The predicted octanol–water partition coefficient (Wildman–Crippen LogP) is 2.25. The lowest BCUT2D eigenvalue weighted by atomic mass is 9.87. The Morgan fingerprint density at radius 3 is 2.54 bits per heavy atom. The quantitative estimate of drug-likeness (QED) is 0.256. The minimum Gasteiger partial charge on any atom is -0.387 e. The van der Waals surface area contributed by atoms with Gasteiger partial charge in [-0.1, -0.05) is 32.9 Å². The van der Waals surface area contributed by atoms with Crippen molar-refractivity contribution in [3.8, 4) is 0 Å². The number of carbonyl (C=O) groups excluding carboxylic acids is 1. The summed E-state index contributed by atoms with van der Waals surface area (Å²) in [6.07, 6.45) is -0.248. The van der Waals surface area contributed by atoms with Gasteiger partial charge in [0.15, 0.2) is 17.7 Å². The lowest BCUT2D eigenvalue weighted by Gasteiger charge is -2.30. The second kappa shape index (κ2) is 11.8. The van der Waals surface area contributed by atoms with Gasteiger partial charge in [0.2, 0.25) is 0 Å². The van der Waals surface area contributed by atoms with Gasteiger partial charge >= 0.3 is 6.03 Å². The van der Waals surface area contributed by atoms with Crippen LogP contribution >= 0.6 is 0 Å². The van der Waals surface area contributed by atoms with E-state index in [1.165, 1.54) is 18.2 Å². The van der Waals surface area contributed by atoms with Gasteiger partial charge in [-0.3, -0.25) is 9.47 Å². The molecule has 4 rings (SSSR count). The number of nitrogen functional groups attached to an aromatic ring is 1. The molecule has 6 N–H and O–H groups in total. The Morgan fingerprint density at radius 2 is 1.87 bits per heavy atom. The molecule has 1 aliphatic rings. The van der Waals surface area contributed by atoms with Crippen molar-refractivity contribution in [2.45, 2.75) is 77.0 Å². The largest absolute Gasteiger partial charge is 0.387 e. The number of anilines is 2. The summed E-state index contributed by atoms with van der Waals surface area (Å²) in [4.78, 5) is 26.9. The van der Waals surface area contributed by atoms with Gasteiger partial charge < -0.3 is 31.3 Å². The highest BCUT2D eigenvalue weighted by Gasteiger charge is 2.45. The SMILES string of the molecule is CC(C)N(CCCNC(=O)Nc1ccc(C(C)(C)C)cc1)C[C@H]1O[C@@H](n2cnc3c(N)ncnc32)C(O)[C@H]1O. The number of imidazole rings is 1. The van der Waals surface area contributed by atoms with Crippen LogP contribution in [-0.2, 0) is 10.2 Å². The van der Waals surface area contributed by atoms with E-state index in [9.17, 15) is 15.0 Å². The first-order valence-corrected chi connectivity index (χ1v) is 13.3. The van der Waals surface area contributed by atoms with E-state index in [-0.39, 0.29) is 23.3 Å². The van der Waals surface area contributed by atoms with Gasteiger partial charge in [0.05, 0.1) is 6.33 Å². The summed E-state index contributed by atoms with van der Waals surface area (Å²) < 4.78 is 7.67. The fraction of sp³-hybridized carbons (Fsp3) is 0.556. The van der Waals surface area contributed by atoms with Gasteiger partial charge in [0.1, 0.15) is 30.2 Å². The van der Waals surface area contributed by atoms with Crippen LogP contribution in [0.25, 0.3) is 11.2 Å². The summed E-state index contributed by atoms with van der Waals surface area (Å²) in [5.41, 5.74) is 8.71. The average molecular weight is 541 g/mol. The molecule has 1 aliphatic heterocycles. The van der Waals surface area contributed by atoms with Crippen molar-refractivity contribution in [3.63, 3.8) is 0 Å². The van der Waals surface area contributed by atoms with Crippen LogP contribution in [0.15, 0.2) is 36.9 Å². The third kappa shape index (κ3) is 6.64. The Labute approximate surface area is 228 Å². The first-order valence-electron chi connectivity index (χ1n) is 13.3. The molecule has 2 aromatic heterocycles. The van der Waals surface area contributed by atoms with Crippen molar-refractivity contribution in [1.82, 2.24) is 29.7 Å². The number of nitrogens with one attached hydrogen (secondary N) is 2. The Balaban J connectivity index is 1.27. The summed E-state index contributed by atoms with van der Waals surface area (Å²) in [6.45, 7) is 12.1. The van der Waals surface area contributed by atoms with E-state index in [2.05, 4.69) is 65.1 Å². The number of aliphatic hydroxyl groups excluding tert-OH is 2. The zero-order valence-corrected chi connectivity index (χ0v) is 23.2. The van der Waals surface area contributed by atoms with E-state index in [0.717, 1.165) is 5.69 Å². The number of benzene rings is 1. The number of amides is 2. The van der Waals surface area contributed by atoms with Gasteiger partial charge in [-0.15, -0.1) is 0 Å². The Bertz CT molecular complexity index is 1260. The monoisotopic (exact) mass is 540 g/mol. The normalized spacial score (nSPS) is 21.7. The molecule has 0 spiro atoms. The number of nitrogens with two attached hydrogens (primary N) is 1. The van der Waals surface area contributed by atoms with E-state index < -0.39 is 24.5 Å². The van der Waals surface area contributed by atoms with Crippen molar-refractivity contribution in [1.29, 1.82) is 0 Å². The van der Waals surface area contributed by atoms with E-state index in [4.69, 9.17) is 10.5 Å². The van der Waals surface area contributed by atoms with Crippen molar-refractivity contribution >= 4 is 28.7 Å². The Hall–Kier alpha value is -3.32. The number of fused-ring (bicyclic) bond motifs is 1. The third-order valence-electron chi connectivity index (χ3n) is 7.06. The number of hydrogen-bond acceptors (Lipinski definition) is 9. The molecule has 0 saturated carbocycles. The lowest BCUT2D eigenvalue weighted by molar-refractivity contribution is -0.0468. The molecule has 1 unspecified atom stereocenters. The number of hydrogen-bond donors (Lipinski definition) is 5. The topological polar surface area (TPSA) is 164 Å². The summed E-state index contributed by atoms with van der Waals surface area (Å²) in [7, 11) is 0. The van der Waals surface area contributed by atoms with Crippen molar-refractivity contribution < 1.29 is 19.7 Å². The van der Waals surface area contributed by atoms with Crippen molar-refractivity contribution in [2.24, 2.45) is 0 Å². The van der Waals surface area contributed by atoms with Crippen molar-refractivity contribution in [2.75, 3.05) is 30.7 Å². The first kappa shape index (κ1) is 28.7. The van der Waals surface area contributed by atoms with E-state index in [1.54, 1.807) is 4.57 Å².